The van der Waals surface area contributed by atoms with Crippen LogP contribution in [0.3, 0.4) is 0 Å². The van der Waals surface area contributed by atoms with Crippen molar-refractivity contribution in [3.63, 3.8) is 0 Å². The Morgan fingerprint density at radius 1 is 1.50 bits per heavy atom. The summed E-state index contributed by atoms with van der Waals surface area (Å²) in [6, 6.07) is 1.75. The molecule has 22 heavy (non-hydrogen) atoms. The van der Waals surface area contributed by atoms with Crippen LogP contribution in [0.25, 0.3) is 0 Å². The monoisotopic (exact) mass is 302 g/mol. The van der Waals surface area contributed by atoms with Gasteiger partial charge in [-0.3, -0.25) is 4.79 Å². The molecule has 0 radical (unpaired) electrons. The van der Waals surface area contributed by atoms with Crippen molar-refractivity contribution < 1.29 is 9.32 Å². The minimum Gasteiger partial charge on any atom is -0.361 e. The van der Waals surface area contributed by atoms with E-state index >= 15 is 0 Å². The predicted molar refractivity (Wildman–Crippen MR) is 81.7 cm³/mol. The quantitative estimate of drug-likeness (QED) is 0.872. The van der Waals surface area contributed by atoms with Crippen molar-refractivity contribution in [3.8, 4) is 0 Å². The molecule has 6 nitrogen and oxygen atoms in total. The molecule has 0 unspecified atom stereocenters. The van der Waals surface area contributed by atoms with E-state index in [-0.39, 0.29) is 11.8 Å². The Kier molecular flexibility index (Phi) is 4.00. The van der Waals surface area contributed by atoms with Gasteiger partial charge in [-0.25, -0.2) is 4.98 Å². The molecule has 0 spiro atoms. The Balaban J connectivity index is 1.75. The summed E-state index contributed by atoms with van der Waals surface area (Å²) in [5.41, 5.74) is 1.43. The summed E-state index contributed by atoms with van der Waals surface area (Å²) in [7, 11) is 2.02. The molecule has 0 saturated carbocycles. The van der Waals surface area contributed by atoms with Gasteiger partial charge in [0.2, 0.25) is 0 Å². The first-order chi connectivity index (χ1) is 10.6. The van der Waals surface area contributed by atoms with E-state index in [2.05, 4.69) is 14.7 Å². The number of carbonyl (C=O) groups is 1. The fourth-order valence-electron chi connectivity index (χ4n) is 3.13. The summed E-state index contributed by atoms with van der Waals surface area (Å²) < 4.78 is 7.21. The topological polar surface area (TPSA) is 64.2 Å². The summed E-state index contributed by atoms with van der Waals surface area (Å²) in [5.74, 6) is 2.05. The number of hydrogen-bond acceptors (Lipinski definition) is 4. The third kappa shape index (κ3) is 2.77. The van der Waals surface area contributed by atoms with Gasteiger partial charge < -0.3 is 14.0 Å². The number of carbonyl (C=O) groups excluding carboxylic acids is 1. The summed E-state index contributed by atoms with van der Waals surface area (Å²) >= 11 is 0. The molecule has 1 atom stereocenters. The number of nitrogens with zero attached hydrogens (tertiary/aromatic N) is 4. The van der Waals surface area contributed by atoms with E-state index in [9.17, 15) is 4.79 Å². The van der Waals surface area contributed by atoms with Crippen LogP contribution < -0.4 is 0 Å². The molecular formula is C16H22N4O2. The predicted octanol–water partition coefficient (Wildman–Crippen LogP) is 2.30. The number of likely N-dealkylation sites (tertiary alicyclic amines) is 1. The molecule has 0 N–H and O–H groups in total. The molecule has 1 aliphatic heterocycles. The number of aromatic nitrogens is 3. The van der Waals surface area contributed by atoms with Crippen molar-refractivity contribution in [1.82, 2.24) is 19.6 Å². The summed E-state index contributed by atoms with van der Waals surface area (Å²) in [4.78, 5) is 19.1. The van der Waals surface area contributed by atoms with E-state index in [1.165, 1.54) is 0 Å². The van der Waals surface area contributed by atoms with Crippen LogP contribution in [0.15, 0.2) is 16.8 Å². The van der Waals surface area contributed by atoms with E-state index in [0.717, 1.165) is 43.1 Å². The molecule has 6 heteroatoms. The van der Waals surface area contributed by atoms with Gasteiger partial charge in [-0.05, 0) is 19.8 Å². The molecule has 118 valence electrons. The standard InChI is InChI=1S/C16H22N4O2/c1-4-13-8-14(18-22-13)16(21)20-7-5-6-12(10-20)15-17-11(2)9-19(15)3/h8-9,12H,4-7,10H2,1-3H3/t12-/m0/s1. The van der Waals surface area contributed by atoms with Crippen LogP contribution in [0.5, 0.6) is 0 Å². The van der Waals surface area contributed by atoms with E-state index in [0.29, 0.717) is 12.2 Å². The van der Waals surface area contributed by atoms with Crippen molar-refractivity contribution in [2.24, 2.45) is 7.05 Å². The largest absolute Gasteiger partial charge is 0.361 e. The Morgan fingerprint density at radius 3 is 2.95 bits per heavy atom. The zero-order chi connectivity index (χ0) is 15.7. The number of aryl methyl sites for hydroxylation is 3. The Hall–Kier alpha value is -2.11. The molecular weight excluding hydrogens is 280 g/mol. The van der Waals surface area contributed by atoms with Crippen LogP contribution in [-0.2, 0) is 13.5 Å². The molecule has 2 aromatic rings. The van der Waals surface area contributed by atoms with Crippen LogP contribution in [0.1, 0.15) is 53.5 Å². The molecule has 0 aromatic carbocycles. The van der Waals surface area contributed by atoms with Crippen molar-refractivity contribution in [3.05, 3.63) is 35.2 Å². The molecule has 1 saturated heterocycles. The van der Waals surface area contributed by atoms with Crippen LogP contribution in [0.2, 0.25) is 0 Å². The maximum atomic E-state index is 12.6. The molecule has 2 aromatic heterocycles. The van der Waals surface area contributed by atoms with Gasteiger partial charge >= 0.3 is 0 Å². The molecule has 3 heterocycles. The maximum Gasteiger partial charge on any atom is 0.276 e. The number of imidazole rings is 1. The van der Waals surface area contributed by atoms with Crippen LogP contribution in [0, 0.1) is 6.92 Å². The second kappa shape index (κ2) is 5.94. The van der Waals surface area contributed by atoms with Crippen molar-refractivity contribution >= 4 is 5.91 Å². The highest BCUT2D eigenvalue weighted by atomic mass is 16.5. The molecule has 3 rings (SSSR count). The molecule has 0 aliphatic carbocycles. The van der Waals surface area contributed by atoms with Gasteiger partial charge in [-0.1, -0.05) is 12.1 Å². The highest BCUT2D eigenvalue weighted by Crippen LogP contribution is 2.27. The van der Waals surface area contributed by atoms with Gasteiger partial charge in [0.25, 0.3) is 5.91 Å². The van der Waals surface area contributed by atoms with Crippen molar-refractivity contribution in [2.75, 3.05) is 13.1 Å². The lowest BCUT2D eigenvalue weighted by molar-refractivity contribution is 0.0693. The zero-order valence-electron chi connectivity index (χ0n) is 13.4. The first-order valence-corrected chi connectivity index (χ1v) is 7.83. The number of rotatable bonds is 3. The Labute approximate surface area is 130 Å². The first-order valence-electron chi connectivity index (χ1n) is 7.83. The second-order valence-corrected chi connectivity index (χ2v) is 5.97. The highest BCUT2D eigenvalue weighted by Gasteiger charge is 2.29. The van der Waals surface area contributed by atoms with Gasteiger partial charge in [0, 0.05) is 44.7 Å². The van der Waals surface area contributed by atoms with E-state index in [1.54, 1.807) is 6.07 Å². The maximum absolute atomic E-state index is 12.6. The average Bonchev–Trinajstić information content (AvgIpc) is 3.13. The summed E-state index contributed by atoms with van der Waals surface area (Å²) in [6.07, 6.45) is 4.82. The first kappa shape index (κ1) is 14.8. The lowest BCUT2D eigenvalue weighted by Crippen LogP contribution is -2.39. The van der Waals surface area contributed by atoms with Crippen LogP contribution in [0.4, 0.5) is 0 Å². The summed E-state index contributed by atoms with van der Waals surface area (Å²) in [6.45, 7) is 5.44. The number of hydrogen-bond donors (Lipinski definition) is 0. The number of piperidine rings is 1. The third-order valence-corrected chi connectivity index (χ3v) is 4.23. The minimum atomic E-state index is -0.0425. The van der Waals surface area contributed by atoms with Crippen LogP contribution in [-0.4, -0.2) is 38.6 Å². The van der Waals surface area contributed by atoms with E-state index < -0.39 is 0 Å². The zero-order valence-corrected chi connectivity index (χ0v) is 13.4. The normalized spacial score (nSPS) is 18.7. The summed E-state index contributed by atoms with van der Waals surface area (Å²) in [5, 5.41) is 3.89. The van der Waals surface area contributed by atoms with Gasteiger partial charge in [-0.2, -0.15) is 0 Å². The molecule has 1 aliphatic rings. The van der Waals surface area contributed by atoms with Gasteiger partial charge in [-0.15, -0.1) is 0 Å². The van der Waals surface area contributed by atoms with Crippen LogP contribution >= 0.6 is 0 Å². The smallest absolute Gasteiger partial charge is 0.276 e. The average molecular weight is 302 g/mol. The van der Waals surface area contributed by atoms with E-state index in [4.69, 9.17) is 4.52 Å². The molecule has 0 bridgehead atoms. The van der Waals surface area contributed by atoms with Crippen molar-refractivity contribution in [1.29, 1.82) is 0 Å². The van der Waals surface area contributed by atoms with Gasteiger partial charge in [0.1, 0.15) is 11.6 Å². The molecule has 1 amide bonds. The highest BCUT2D eigenvalue weighted by molar-refractivity contribution is 5.92. The van der Waals surface area contributed by atoms with E-state index in [1.807, 2.05) is 32.0 Å². The Bertz CT molecular complexity index is 673. The lowest BCUT2D eigenvalue weighted by atomic mass is 9.97. The van der Waals surface area contributed by atoms with Gasteiger partial charge in [0.05, 0.1) is 5.69 Å². The Morgan fingerprint density at radius 2 is 2.32 bits per heavy atom. The SMILES string of the molecule is CCc1cc(C(=O)N2CCC[C@H](c3nc(C)cn3C)C2)no1. The molecule has 1 fully saturated rings. The fraction of sp³-hybridized carbons (Fsp3) is 0.562. The number of amides is 1. The lowest BCUT2D eigenvalue weighted by Gasteiger charge is -2.31. The van der Waals surface area contributed by atoms with Gasteiger partial charge in [0.15, 0.2) is 5.69 Å². The second-order valence-electron chi connectivity index (χ2n) is 5.97. The van der Waals surface area contributed by atoms with Crippen molar-refractivity contribution in [2.45, 2.75) is 39.0 Å². The third-order valence-electron chi connectivity index (χ3n) is 4.23. The fourth-order valence-corrected chi connectivity index (χ4v) is 3.13. The minimum absolute atomic E-state index is 0.0425.